The first-order valence-electron chi connectivity index (χ1n) is 13.0. The van der Waals surface area contributed by atoms with E-state index in [0.29, 0.717) is 22.7 Å². The molecule has 0 amide bonds. The third-order valence-electron chi connectivity index (χ3n) is 6.91. The van der Waals surface area contributed by atoms with Gasteiger partial charge in [0, 0.05) is 22.9 Å². The van der Waals surface area contributed by atoms with Crippen LogP contribution in [-0.4, -0.2) is 22.6 Å². The molecule has 1 saturated heterocycles. The molecule has 1 heterocycles. The van der Waals surface area contributed by atoms with E-state index in [0.717, 1.165) is 11.3 Å². The number of carbonyl (C=O) groups is 2. The molecule has 4 aromatic rings. The maximum Gasteiger partial charge on any atom is 0.343 e. The first-order valence-corrected chi connectivity index (χ1v) is 13.4. The smallest absolute Gasteiger partial charge is 0.343 e. The summed E-state index contributed by atoms with van der Waals surface area (Å²) in [5, 5.41) is 4.01. The number of esters is 2. The number of nitrogens with zero attached hydrogens (tertiary/aromatic N) is 1. The Morgan fingerprint density at radius 1 is 0.750 bits per heavy atom. The van der Waals surface area contributed by atoms with E-state index in [9.17, 15) is 9.59 Å². The summed E-state index contributed by atoms with van der Waals surface area (Å²) in [6.07, 6.45) is 0.633. The Bertz CT molecular complexity index is 1540. The number of ether oxygens (including phenoxy) is 2. The summed E-state index contributed by atoms with van der Waals surface area (Å²) < 4.78 is 11.7. The fraction of sp³-hybridized carbons (Fsp3) is 0.182. The number of nitrogens with one attached hydrogen (secondary N) is 1. The van der Waals surface area contributed by atoms with Crippen LogP contribution < -0.4 is 19.7 Å². The Morgan fingerprint density at radius 2 is 1.27 bits per heavy atom. The molecule has 1 N–H and O–H groups in total. The standard InChI is InChI=1S/C33H30N2O4S/c1-32(2)22-33(3,35(31(40)34-32)25-17-11-6-12-18-25)27-20-19-26(38-29(36)23-13-7-4-8-14-23)21-28(27)39-30(37)24-15-9-5-10-16-24/h4-21H,22H2,1-3H3,(H,34,40)/t33-/m1/s1. The Kier molecular flexibility index (Phi) is 7.41. The average Bonchev–Trinajstić information content (AvgIpc) is 2.93. The molecular formula is C33H30N2O4S. The first kappa shape index (κ1) is 27.1. The molecule has 0 aromatic heterocycles. The summed E-state index contributed by atoms with van der Waals surface area (Å²) in [4.78, 5) is 28.1. The van der Waals surface area contributed by atoms with Gasteiger partial charge in [0.25, 0.3) is 0 Å². The zero-order valence-corrected chi connectivity index (χ0v) is 23.4. The van der Waals surface area contributed by atoms with Crippen molar-refractivity contribution >= 4 is 35.0 Å². The number of thiocarbonyl (C=S) groups is 1. The molecule has 0 spiro atoms. The third-order valence-corrected chi connectivity index (χ3v) is 7.19. The fourth-order valence-corrected chi connectivity index (χ4v) is 5.90. The number of benzene rings is 4. The van der Waals surface area contributed by atoms with Crippen LogP contribution in [0.5, 0.6) is 11.5 Å². The Labute approximate surface area is 239 Å². The second-order valence-electron chi connectivity index (χ2n) is 10.6. The Balaban J connectivity index is 1.61. The van der Waals surface area contributed by atoms with Crippen molar-refractivity contribution in [3.8, 4) is 11.5 Å². The molecule has 1 fully saturated rings. The van der Waals surface area contributed by atoms with E-state index < -0.39 is 17.5 Å². The van der Waals surface area contributed by atoms with Crippen LogP contribution in [0.3, 0.4) is 0 Å². The van der Waals surface area contributed by atoms with Crippen LogP contribution in [0.2, 0.25) is 0 Å². The second-order valence-corrected chi connectivity index (χ2v) is 11.0. The van der Waals surface area contributed by atoms with E-state index in [1.165, 1.54) is 0 Å². The van der Waals surface area contributed by atoms with Crippen molar-refractivity contribution in [3.63, 3.8) is 0 Å². The molecule has 7 heteroatoms. The van der Waals surface area contributed by atoms with E-state index in [2.05, 4.69) is 31.0 Å². The number of hydrogen-bond acceptors (Lipinski definition) is 5. The number of anilines is 1. The molecule has 1 aliphatic rings. The van der Waals surface area contributed by atoms with Gasteiger partial charge in [-0.15, -0.1) is 0 Å². The molecule has 0 unspecified atom stereocenters. The summed E-state index contributed by atoms with van der Waals surface area (Å²) in [5.41, 5.74) is 1.39. The van der Waals surface area contributed by atoms with Gasteiger partial charge in [-0.3, -0.25) is 0 Å². The predicted molar refractivity (Wildman–Crippen MR) is 160 cm³/mol. The van der Waals surface area contributed by atoms with Crippen LogP contribution in [0.15, 0.2) is 109 Å². The largest absolute Gasteiger partial charge is 0.423 e. The zero-order chi connectivity index (χ0) is 28.3. The van der Waals surface area contributed by atoms with Crippen molar-refractivity contribution in [3.05, 3.63) is 126 Å². The van der Waals surface area contributed by atoms with E-state index in [4.69, 9.17) is 21.7 Å². The molecule has 1 aliphatic heterocycles. The lowest BCUT2D eigenvalue weighted by Gasteiger charge is -2.53. The van der Waals surface area contributed by atoms with E-state index >= 15 is 0 Å². The summed E-state index contributed by atoms with van der Waals surface area (Å²) in [5.74, 6) is -0.468. The molecule has 0 aliphatic carbocycles. The lowest BCUT2D eigenvalue weighted by atomic mass is 9.76. The molecule has 40 heavy (non-hydrogen) atoms. The van der Waals surface area contributed by atoms with Gasteiger partial charge in [-0.1, -0.05) is 54.6 Å². The van der Waals surface area contributed by atoms with Gasteiger partial charge >= 0.3 is 11.9 Å². The van der Waals surface area contributed by atoms with Crippen molar-refractivity contribution in [1.29, 1.82) is 0 Å². The normalized spacial score (nSPS) is 18.0. The van der Waals surface area contributed by atoms with Gasteiger partial charge in [-0.2, -0.15) is 0 Å². The van der Waals surface area contributed by atoms with Crippen LogP contribution in [0.1, 0.15) is 53.5 Å². The van der Waals surface area contributed by atoms with Crippen molar-refractivity contribution in [2.75, 3.05) is 4.90 Å². The minimum atomic E-state index is -0.721. The molecule has 4 aromatic carbocycles. The highest BCUT2D eigenvalue weighted by atomic mass is 32.1. The fourth-order valence-electron chi connectivity index (χ4n) is 5.32. The van der Waals surface area contributed by atoms with Crippen molar-refractivity contribution in [1.82, 2.24) is 5.32 Å². The van der Waals surface area contributed by atoms with Crippen LogP contribution in [-0.2, 0) is 5.54 Å². The minimum absolute atomic E-state index is 0.263. The molecule has 6 nitrogen and oxygen atoms in total. The Morgan fingerprint density at radius 3 is 1.85 bits per heavy atom. The van der Waals surface area contributed by atoms with Gasteiger partial charge in [0.1, 0.15) is 11.5 Å². The van der Waals surface area contributed by atoms with Crippen LogP contribution >= 0.6 is 12.2 Å². The maximum absolute atomic E-state index is 13.3. The average molecular weight is 551 g/mol. The summed E-state index contributed by atoms with van der Waals surface area (Å²) in [6.45, 7) is 6.26. The highest BCUT2D eigenvalue weighted by Crippen LogP contribution is 2.46. The van der Waals surface area contributed by atoms with Crippen molar-refractivity contribution in [2.24, 2.45) is 0 Å². The van der Waals surface area contributed by atoms with Crippen LogP contribution in [0.25, 0.3) is 0 Å². The summed E-state index contributed by atoms with van der Waals surface area (Å²) in [6, 6.07) is 32.6. The van der Waals surface area contributed by atoms with E-state index in [1.807, 2.05) is 48.5 Å². The van der Waals surface area contributed by atoms with E-state index in [1.54, 1.807) is 60.7 Å². The molecular weight excluding hydrogens is 520 g/mol. The van der Waals surface area contributed by atoms with Gasteiger partial charge in [0.15, 0.2) is 5.11 Å². The number of para-hydroxylation sites is 1. The maximum atomic E-state index is 13.3. The second kappa shape index (κ2) is 10.9. The van der Waals surface area contributed by atoms with Gasteiger partial charge in [-0.25, -0.2) is 9.59 Å². The van der Waals surface area contributed by atoms with E-state index in [-0.39, 0.29) is 17.0 Å². The Hall–Kier alpha value is -4.49. The molecule has 0 radical (unpaired) electrons. The molecule has 1 atom stereocenters. The SMILES string of the molecule is CC1(C)C[C@](C)(c2ccc(OC(=O)c3ccccc3)cc2OC(=O)c2ccccc2)N(c2ccccc2)C(=S)N1. The predicted octanol–water partition coefficient (Wildman–Crippen LogP) is 6.90. The lowest BCUT2D eigenvalue weighted by molar-refractivity contribution is 0.0729. The molecule has 0 bridgehead atoms. The molecule has 5 rings (SSSR count). The van der Waals surface area contributed by atoms with Crippen LogP contribution in [0, 0.1) is 0 Å². The molecule has 0 saturated carbocycles. The summed E-state index contributed by atoms with van der Waals surface area (Å²) >= 11 is 5.89. The lowest BCUT2D eigenvalue weighted by Crippen LogP contribution is -2.65. The van der Waals surface area contributed by atoms with Gasteiger partial charge in [0.05, 0.1) is 16.7 Å². The number of carbonyl (C=O) groups excluding carboxylic acids is 2. The zero-order valence-electron chi connectivity index (χ0n) is 22.6. The highest BCUT2D eigenvalue weighted by Gasteiger charge is 2.47. The van der Waals surface area contributed by atoms with Gasteiger partial charge < -0.3 is 19.7 Å². The van der Waals surface area contributed by atoms with Crippen LogP contribution in [0.4, 0.5) is 5.69 Å². The van der Waals surface area contributed by atoms with Gasteiger partial charge in [-0.05, 0) is 87.9 Å². The first-order chi connectivity index (χ1) is 19.2. The number of hydrogen-bond donors (Lipinski definition) is 1. The minimum Gasteiger partial charge on any atom is -0.423 e. The number of rotatable bonds is 6. The van der Waals surface area contributed by atoms with Crippen molar-refractivity contribution < 1.29 is 19.1 Å². The quantitative estimate of drug-likeness (QED) is 0.159. The topological polar surface area (TPSA) is 67.9 Å². The molecule has 202 valence electrons. The third kappa shape index (κ3) is 5.60. The van der Waals surface area contributed by atoms with Crippen molar-refractivity contribution in [2.45, 2.75) is 38.3 Å². The summed E-state index contributed by atoms with van der Waals surface area (Å²) in [7, 11) is 0. The highest BCUT2D eigenvalue weighted by molar-refractivity contribution is 7.80. The van der Waals surface area contributed by atoms with Gasteiger partial charge in [0.2, 0.25) is 0 Å². The monoisotopic (exact) mass is 550 g/mol.